The number of hydrogen-bond acceptors (Lipinski definition) is 7. The van der Waals surface area contributed by atoms with Crippen LogP contribution in [-0.4, -0.2) is 33.6 Å². The van der Waals surface area contributed by atoms with Gasteiger partial charge < -0.3 is 4.74 Å². The molecule has 1 fully saturated rings. The Morgan fingerprint density at radius 2 is 2.13 bits per heavy atom. The minimum absolute atomic E-state index is 0.108. The lowest BCUT2D eigenvalue weighted by Crippen LogP contribution is -2.05. The number of hydrazone groups is 1. The minimum atomic E-state index is -0.681. The van der Waals surface area contributed by atoms with E-state index in [9.17, 15) is 20.2 Å². The Morgan fingerprint density at radius 3 is 2.78 bits per heavy atom. The first kappa shape index (κ1) is 17.3. The second-order valence-corrected chi connectivity index (χ2v) is 5.77. The molecule has 0 bridgehead atoms. The molecule has 1 aromatic carbocycles. The SMILES string of the molecule is O=[N+]([O-])c1ccc(N/N=C2\COC(CCCBr)C2)c([N+](=O)[O-])c1. The van der Waals surface area contributed by atoms with Gasteiger partial charge in [0.1, 0.15) is 5.69 Å². The van der Waals surface area contributed by atoms with Gasteiger partial charge in [-0.15, -0.1) is 0 Å². The Bertz CT molecular complexity index is 637. The number of nitrogens with zero attached hydrogens (tertiary/aromatic N) is 3. The summed E-state index contributed by atoms with van der Waals surface area (Å²) in [4.78, 5) is 20.4. The third-order valence-corrected chi connectivity index (χ3v) is 3.89. The van der Waals surface area contributed by atoms with E-state index >= 15 is 0 Å². The van der Waals surface area contributed by atoms with Crippen molar-refractivity contribution in [1.82, 2.24) is 0 Å². The normalized spacial score (nSPS) is 19.0. The molecule has 9 nitrogen and oxygen atoms in total. The summed E-state index contributed by atoms with van der Waals surface area (Å²) in [6, 6.07) is 3.38. The average Bonchev–Trinajstić information content (AvgIpc) is 2.98. The van der Waals surface area contributed by atoms with Gasteiger partial charge in [0.05, 0.1) is 34.3 Å². The predicted molar refractivity (Wildman–Crippen MR) is 88.2 cm³/mol. The molecule has 0 radical (unpaired) electrons. The third-order valence-electron chi connectivity index (χ3n) is 3.33. The van der Waals surface area contributed by atoms with Crippen LogP contribution in [0.1, 0.15) is 19.3 Å². The number of anilines is 1. The number of halogens is 1. The number of hydrogen-bond donors (Lipinski definition) is 1. The van der Waals surface area contributed by atoms with E-state index in [4.69, 9.17) is 4.74 Å². The Labute approximate surface area is 140 Å². The van der Waals surface area contributed by atoms with Crippen molar-refractivity contribution in [1.29, 1.82) is 0 Å². The molecule has 1 saturated heterocycles. The highest BCUT2D eigenvalue weighted by atomic mass is 79.9. The molecule has 1 aliphatic rings. The van der Waals surface area contributed by atoms with Crippen LogP contribution in [0.4, 0.5) is 17.1 Å². The third kappa shape index (κ3) is 4.70. The van der Waals surface area contributed by atoms with E-state index in [-0.39, 0.29) is 17.5 Å². The number of nitro benzene ring substituents is 2. The van der Waals surface area contributed by atoms with E-state index in [1.54, 1.807) is 0 Å². The first-order chi connectivity index (χ1) is 11.0. The fourth-order valence-corrected chi connectivity index (χ4v) is 2.51. The Hall–Kier alpha value is -2.07. The standard InChI is InChI=1S/C13H15BrN4O5/c14-5-1-2-11-6-9(8-23-11)15-16-12-4-3-10(17(19)20)7-13(12)18(21)22/h3-4,7,11,16H,1-2,5-6,8H2/b15-9-. The van der Waals surface area contributed by atoms with Gasteiger partial charge in [0.25, 0.3) is 5.69 Å². The molecule has 23 heavy (non-hydrogen) atoms. The highest BCUT2D eigenvalue weighted by Crippen LogP contribution is 2.29. The van der Waals surface area contributed by atoms with Gasteiger partial charge >= 0.3 is 5.69 Å². The van der Waals surface area contributed by atoms with Crippen LogP contribution in [0.25, 0.3) is 0 Å². The maximum atomic E-state index is 11.0. The summed E-state index contributed by atoms with van der Waals surface area (Å²) in [6.45, 7) is 0.376. The molecule has 0 saturated carbocycles. The molecular formula is C13H15BrN4O5. The molecular weight excluding hydrogens is 372 g/mol. The van der Waals surface area contributed by atoms with Gasteiger partial charge in [-0.3, -0.25) is 25.7 Å². The fraction of sp³-hybridized carbons (Fsp3) is 0.462. The molecule has 0 aromatic heterocycles. The van der Waals surface area contributed by atoms with Gasteiger partial charge in [-0.2, -0.15) is 5.10 Å². The van der Waals surface area contributed by atoms with E-state index in [1.165, 1.54) is 12.1 Å². The second kappa shape index (κ2) is 7.97. The summed E-state index contributed by atoms with van der Waals surface area (Å²) in [5, 5.41) is 26.8. The Kier molecular flexibility index (Phi) is 5.99. The number of benzene rings is 1. The molecule has 10 heteroatoms. The number of non-ortho nitro benzene ring substituents is 1. The van der Waals surface area contributed by atoms with E-state index in [0.717, 1.165) is 29.9 Å². The van der Waals surface area contributed by atoms with Crippen LogP contribution in [0.2, 0.25) is 0 Å². The molecule has 1 heterocycles. The molecule has 1 atom stereocenters. The van der Waals surface area contributed by atoms with Crippen molar-refractivity contribution in [3.8, 4) is 0 Å². The zero-order chi connectivity index (χ0) is 16.8. The van der Waals surface area contributed by atoms with E-state index in [1.807, 2.05) is 0 Å². The topological polar surface area (TPSA) is 120 Å². The number of ether oxygens (including phenoxy) is 1. The second-order valence-electron chi connectivity index (χ2n) is 4.97. The number of alkyl halides is 1. The van der Waals surface area contributed by atoms with Crippen molar-refractivity contribution in [2.45, 2.75) is 25.4 Å². The monoisotopic (exact) mass is 386 g/mol. The smallest absolute Gasteiger partial charge is 0.301 e. The maximum absolute atomic E-state index is 11.0. The summed E-state index contributed by atoms with van der Waals surface area (Å²) in [6.07, 6.45) is 2.70. The Morgan fingerprint density at radius 1 is 1.35 bits per heavy atom. The quantitative estimate of drug-likeness (QED) is 0.436. The van der Waals surface area contributed by atoms with Crippen molar-refractivity contribution in [3.05, 3.63) is 38.4 Å². The largest absolute Gasteiger partial charge is 0.372 e. The van der Waals surface area contributed by atoms with E-state index in [0.29, 0.717) is 13.0 Å². The zero-order valence-corrected chi connectivity index (χ0v) is 13.7. The van der Waals surface area contributed by atoms with Crippen LogP contribution < -0.4 is 5.43 Å². The lowest BCUT2D eigenvalue weighted by molar-refractivity contribution is -0.393. The van der Waals surface area contributed by atoms with Gasteiger partial charge in [-0.05, 0) is 18.9 Å². The fourth-order valence-electron chi connectivity index (χ4n) is 2.18. The van der Waals surface area contributed by atoms with E-state index < -0.39 is 15.5 Å². The summed E-state index contributed by atoms with van der Waals surface area (Å²) >= 11 is 3.36. The highest BCUT2D eigenvalue weighted by Gasteiger charge is 2.22. The maximum Gasteiger partial charge on any atom is 0.301 e. The van der Waals surface area contributed by atoms with Gasteiger partial charge in [0.2, 0.25) is 0 Å². The van der Waals surface area contributed by atoms with Gasteiger partial charge in [-0.1, -0.05) is 15.9 Å². The number of nitro groups is 2. The van der Waals surface area contributed by atoms with Gasteiger partial charge in [-0.25, -0.2) is 0 Å². The summed E-state index contributed by atoms with van der Waals surface area (Å²) in [5.41, 5.74) is 2.75. The summed E-state index contributed by atoms with van der Waals surface area (Å²) in [7, 11) is 0. The molecule has 1 unspecified atom stereocenters. The summed E-state index contributed by atoms with van der Waals surface area (Å²) < 4.78 is 5.57. The first-order valence-electron chi connectivity index (χ1n) is 6.93. The molecule has 2 rings (SSSR count). The molecule has 0 amide bonds. The van der Waals surface area contributed by atoms with Crippen LogP contribution in [0, 0.1) is 20.2 Å². The zero-order valence-electron chi connectivity index (χ0n) is 12.1. The minimum Gasteiger partial charge on any atom is -0.372 e. The van der Waals surface area contributed by atoms with Gasteiger partial charge in [0, 0.05) is 17.8 Å². The van der Waals surface area contributed by atoms with Crippen LogP contribution >= 0.6 is 15.9 Å². The lowest BCUT2D eigenvalue weighted by atomic mass is 10.1. The van der Waals surface area contributed by atoms with Crippen LogP contribution in [0.3, 0.4) is 0 Å². The molecule has 0 spiro atoms. The highest BCUT2D eigenvalue weighted by molar-refractivity contribution is 9.09. The molecule has 0 aliphatic carbocycles. The number of rotatable bonds is 7. The molecule has 124 valence electrons. The van der Waals surface area contributed by atoms with Gasteiger partial charge in [0.15, 0.2) is 0 Å². The van der Waals surface area contributed by atoms with Crippen molar-refractivity contribution < 1.29 is 14.6 Å². The number of nitrogens with one attached hydrogen (secondary N) is 1. The molecule has 1 aliphatic heterocycles. The first-order valence-corrected chi connectivity index (χ1v) is 8.05. The van der Waals surface area contributed by atoms with Crippen molar-refractivity contribution in [3.63, 3.8) is 0 Å². The predicted octanol–water partition coefficient (Wildman–Crippen LogP) is 3.23. The van der Waals surface area contributed by atoms with Crippen molar-refractivity contribution in [2.75, 3.05) is 17.4 Å². The van der Waals surface area contributed by atoms with Crippen LogP contribution in [0.15, 0.2) is 23.3 Å². The average molecular weight is 387 g/mol. The van der Waals surface area contributed by atoms with Crippen molar-refractivity contribution in [2.24, 2.45) is 5.10 Å². The van der Waals surface area contributed by atoms with Crippen LogP contribution in [-0.2, 0) is 4.74 Å². The molecule has 1 aromatic rings. The Balaban J connectivity index is 2.07. The summed E-state index contributed by atoms with van der Waals surface area (Å²) in [5.74, 6) is 0. The molecule has 1 N–H and O–H groups in total. The van der Waals surface area contributed by atoms with Crippen LogP contribution in [0.5, 0.6) is 0 Å². The van der Waals surface area contributed by atoms with E-state index in [2.05, 4.69) is 26.5 Å². The lowest BCUT2D eigenvalue weighted by Gasteiger charge is -2.05. The van der Waals surface area contributed by atoms with Crippen molar-refractivity contribution >= 4 is 38.7 Å².